The highest BCUT2D eigenvalue weighted by atomic mass is 16.7. The summed E-state index contributed by atoms with van der Waals surface area (Å²) >= 11 is 0. The summed E-state index contributed by atoms with van der Waals surface area (Å²) in [6, 6.07) is 0. The van der Waals surface area contributed by atoms with E-state index in [1.807, 2.05) is 0 Å². The van der Waals surface area contributed by atoms with Crippen LogP contribution in [0.25, 0.3) is 0 Å². The van der Waals surface area contributed by atoms with E-state index in [1.54, 1.807) is 0 Å². The lowest BCUT2D eigenvalue weighted by Crippen LogP contribution is -2.57. The Labute approximate surface area is 146 Å². The van der Waals surface area contributed by atoms with Crippen molar-refractivity contribution in [2.75, 3.05) is 13.2 Å². The molecule has 1 heterocycles. The first-order chi connectivity index (χ1) is 11.5. The molecule has 5 aliphatic rings. The number of ether oxygens (including phenoxy) is 2. The van der Waals surface area contributed by atoms with Gasteiger partial charge in [-0.15, -0.1) is 0 Å². The number of rotatable bonds is 0. The molecule has 7 atom stereocenters. The quantitative estimate of drug-likeness (QED) is 0.724. The van der Waals surface area contributed by atoms with Crippen LogP contribution in [0.3, 0.4) is 0 Å². The van der Waals surface area contributed by atoms with Crippen molar-refractivity contribution in [1.82, 2.24) is 0 Å². The van der Waals surface area contributed by atoms with E-state index in [2.05, 4.69) is 13.8 Å². The second-order valence-electron chi connectivity index (χ2n) is 10.0. The molecule has 0 aromatic heterocycles. The smallest absolute Gasteiger partial charge is 0.174 e. The predicted octanol–water partition coefficient (Wildman–Crippen LogP) is 4.13. The third kappa shape index (κ3) is 1.90. The fourth-order valence-corrected chi connectivity index (χ4v) is 8.12. The van der Waals surface area contributed by atoms with E-state index in [-0.39, 0.29) is 17.3 Å². The number of aliphatic hydroxyl groups excluding tert-OH is 1. The highest BCUT2D eigenvalue weighted by Crippen LogP contribution is 2.69. The summed E-state index contributed by atoms with van der Waals surface area (Å²) in [5, 5.41) is 10.2. The van der Waals surface area contributed by atoms with Crippen LogP contribution in [0.15, 0.2) is 0 Å². The molecular formula is C21H34O3. The van der Waals surface area contributed by atoms with Gasteiger partial charge in [-0.1, -0.05) is 13.8 Å². The van der Waals surface area contributed by atoms with Crippen LogP contribution < -0.4 is 0 Å². The molecule has 4 saturated carbocycles. The Kier molecular flexibility index (Phi) is 3.49. The van der Waals surface area contributed by atoms with Gasteiger partial charge in [-0.05, 0) is 80.5 Å². The maximum absolute atomic E-state index is 10.2. The van der Waals surface area contributed by atoms with Crippen molar-refractivity contribution >= 4 is 0 Å². The predicted molar refractivity (Wildman–Crippen MR) is 92.4 cm³/mol. The van der Waals surface area contributed by atoms with Crippen LogP contribution in [0, 0.1) is 34.5 Å². The van der Waals surface area contributed by atoms with Crippen LogP contribution in [0.5, 0.6) is 0 Å². The molecule has 3 heteroatoms. The van der Waals surface area contributed by atoms with Crippen LogP contribution in [0.2, 0.25) is 0 Å². The van der Waals surface area contributed by atoms with Gasteiger partial charge in [-0.3, -0.25) is 0 Å². The summed E-state index contributed by atoms with van der Waals surface area (Å²) in [7, 11) is 0. The first-order valence-corrected chi connectivity index (χ1v) is 10.4. The van der Waals surface area contributed by atoms with Gasteiger partial charge in [0, 0.05) is 11.8 Å². The number of hydrogen-bond donors (Lipinski definition) is 1. The van der Waals surface area contributed by atoms with Crippen LogP contribution in [-0.4, -0.2) is 30.2 Å². The van der Waals surface area contributed by atoms with Gasteiger partial charge in [-0.2, -0.15) is 0 Å². The van der Waals surface area contributed by atoms with E-state index in [4.69, 9.17) is 9.47 Å². The standard InChI is InChI=1S/C21H34O3/c1-19-8-5-15(22)13-14(19)3-4-16-17(19)6-9-20(2)18(16)7-10-21(20)23-11-12-24-21/h14-18,22H,3-13H2,1-2H3/t14-,15-,16+,17-,18+,19-,20-/m0/s1. The van der Waals surface area contributed by atoms with Gasteiger partial charge in [0.05, 0.1) is 19.3 Å². The van der Waals surface area contributed by atoms with Crippen molar-refractivity contribution in [3.63, 3.8) is 0 Å². The van der Waals surface area contributed by atoms with Gasteiger partial charge < -0.3 is 14.6 Å². The minimum absolute atomic E-state index is 0.0384. The molecule has 0 aromatic carbocycles. The largest absolute Gasteiger partial charge is 0.393 e. The highest BCUT2D eigenvalue weighted by molar-refractivity contribution is 5.12. The Bertz CT molecular complexity index is 513. The van der Waals surface area contributed by atoms with E-state index in [9.17, 15) is 5.11 Å². The monoisotopic (exact) mass is 334 g/mol. The summed E-state index contributed by atoms with van der Waals surface area (Å²) in [4.78, 5) is 0. The zero-order valence-corrected chi connectivity index (χ0v) is 15.4. The molecule has 0 radical (unpaired) electrons. The lowest BCUT2D eigenvalue weighted by atomic mass is 9.45. The lowest BCUT2D eigenvalue weighted by molar-refractivity contribution is -0.247. The normalized spacial score (nSPS) is 55.9. The minimum atomic E-state index is -0.261. The SMILES string of the molecule is C[C@]12CC[C@H](O)C[C@@H]1CC[C@H]1[C@H]3CCC4(OCCO4)[C@@]3(C)CC[C@@H]12. The average Bonchev–Trinajstić information content (AvgIpc) is 3.15. The van der Waals surface area contributed by atoms with Crippen molar-refractivity contribution in [3.8, 4) is 0 Å². The first-order valence-electron chi connectivity index (χ1n) is 10.4. The number of aliphatic hydroxyl groups is 1. The zero-order valence-electron chi connectivity index (χ0n) is 15.4. The van der Waals surface area contributed by atoms with Gasteiger partial charge in [0.1, 0.15) is 0 Å². The van der Waals surface area contributed by atoms with E-state index in [1.165, 1.54) is 38.5 Å². The molecule has 1 aliphatic heterocycles. The lowest BCUT2D eigenvalue weighted by Gasteiger charge is -2.61. The molecule has 0 aromatic rings. The maximum Gasteiger partial charge on any atom is 0.174 e. The Balaban J connectivity index is 1.45. The van der Waals surface area contributed by atoms with Crippen LogP contribution >= 0.6 is 0 Å². The van der Waals surface area contributed by atoms with E-state index in [0.717, 1.165) is 56.1 Å². The Morgan fingerprint density at radius 3 is 2.38 bits per heavy atom. The first kappa shape index (κ1) is 16.1. The van der Waals surface area contributed by atoms with Crippen molar-refractivity contribution < 1.29 is 14.6 Å². The summed E-state index contributed by atoms with van der Waals surface area (Å²) in [6.45, 7) is 6.61. The summed E-state index contributed by atoms with van der Waals surface area (Å²) in [6.07, 6.45) is 11.0. The molecule has 1 saturated heterocycles. The Morgan fingerprint density at radius 1 is 0.833 bits per heavy atom. The van der Waals surface area contributed by atoms with Gasteiger partial charge in [0.15, 0.2) is 5.79 Å². The van der Waals surface area contributed by atoms with Crippen LogP contribution in [0.4, 0.5) is 0 Å². The molecule has 1 spiro atoms. The zero-order chi connectivity index (χ0) is 16.6. The van der Waals surface area contributed by atoms with Crippen molar-refractivity contribution in [1.29, 1.82) is 0 Å². The summed E-state index contributed by atoms with van der Waals surface area (Å²) in [5.74, 6) is 2.98. The second kappa shape index (κ2) is 5.20. The fourth-order valence-electron chi connectivity index (χ4n) is 8.12. The van der Waals surface area contributed by atoms with Crippen molar-refractivity contribution in [2.45, 2.75) is 83.5 Å². The second-order valence-corrected chi connectivity index (χ2v) is 10.0. The molecule has 5 rings (SSSR count). The molecule has 3 nitrogen and oxygen atoms in total. The Morgan fingerprint density at radius 2 is 1.58 bits per heavy atom. The molecule has 0 bridgehead atoms. The molecule has 1 N–H and O–H groups in total. The third-order valence-electron chi connectivity index (χ3n) is 9.44. The van der Waals surface area contributed by atoms with Gasteiger partial charge in [-0.25, -0.2) is 0 Å². The summed E-state index contributed by atoms with van der Waals surface area (Å²) < 4.78 is 12.5. The van der Waals surface area contributed by atoms with E-state index >= 15 is 0 Å². The fraction of sp³-hybridized carbons (Fsp3) is 1.00. The minimum Gasteiger partial charge on any atom is -0.393 e. The van der Waals surface area contributed by atoms with E-state index in [0.29, 0.717) is 5.41 Å². The van der Waals surface area contributed by atoms with E-state index < -0.39 is 0 Å². The highest BCUT2D eigenvalue weighted by Gasteiger charge is 2.67. The molecule has 136 valence electrons. The molecule has 4 aliphatic carbocycles. The molecular weight excluding hydrogens is 300 g/mol. The van der Waals surface area contributed by atoms with Crippen LogP contribution in [-0.2, 0) is 9.47 Å². The number of fused-ring (bicyclic) bond motifs is 6. The maximum atomic E-state index is 10.2. The van der Waals surface area contributed by atoms with Gasteiger partial charge in [0.2, 0.25) is 0 Å². The average molecular weight is 335 g/mol. The Hall–Kier alpha value is -0.120. The molecule has 0 amide bonds. The van der Waals surface area contributed by atoms with Crippen molar-refractivity contribution in [2.24, 2.45) is 34.5 Å². The molecule has 5 fully saturated rings. The topological polar surface area (TPSA) is 38.7 Å². The molecule has 24 heavy (non-hydrogen) atoms. The molecule has 0 unspecified atom stereocenters. The van der Waals surface area contributed by atoms with Crippen LogP contribution in [0.1, 0.15) is 71.6 Å². The number of hydrogen-bond acceptors (Lipinski definition) is 3. The van der Waals surface area contributed by atoms with Crippen molar-refractivity contribution in [3.05, 3.63) is 0 Å². The third-order valence-corrected chi connectivity index (χ3v) is 9.44. The summed E-state index contributed by atoms with van der Waals surface area (Å²) in [5.41, 5.74) is 0.693. The van der Waals surface area contributed by atoms with Gasteiger partial charge >= 0.3 is 0 Å². The van der Waals surface area contributed by atoms with Gasteiger partial charge in [0.25, 0.3) is 0 Å².